The van der Waals surface area contributed by atoms with Crippen molar-refractivity contribution in [1.82, 2.24) is 9.88 Å². The van der Waals surface area contributed by atoms with Crippen LogP contribution >= 0.6 is 0 Å². The summed E-state index contributed by atoms with van der Waals surface area (Å²) < 4.78 is 5.76. The van der Waals surface area contributed by atoms with Crippen molar-refractivity contribution in [2.45, 2.75) is 26.0 Å². The number of rotatable bonds is 0. The highest BCUT2D eigenvalue weighted by Gasteiger charge is 2.31. The van der Waals surface area contributed by atoms with Crippen molar-refractivity contribution in [3.8, 4) is 5.75 Å². The minimum absolute atomic E-state index is 0.273. The van der Waals surface area contributed by atoms with Gasteiger partial charge in [0.25, 0.3) is 0 Å². The first-order valence-corrected chi connectivity index (χ1v) is 5.09. The predicted octanol–water partition coefficient (Wildman–Crippen LogP) is 1.73. The van der Waals surface area contributed by atoms with E-state index in [4.69, 9.17) is 9.84 Å². The molecule has 0 aromatic carbocycles. The average Bonchev–Trinajstić information content (AvgIpc) is 2.31. The summed E-state index contributed by atoms with van der Waals surface area (Å²) in [5.41, 5.74) is 0.127. The van der Waals surface area contributed by atoms with Crippen LogP contribution in [0.25, 0.3) is 0 Å². The number of amides is 1. The van der Waals surface area contributed by atoms with Crippen molar-refractivity contribution < 1.29 is 14.6 Å². The summed E-state index contributed by atoms with van der Waals surface area (Å²) in [5, 5.41) is 9.06. The molecule has 16 heavy (non-hydrogen) atoms. The SMILES string of the molecule is CC1(C)CN(C(=O)O)Cc2ncccc2O1. The van der Waals surface area contributed by atoms with Crippen molar-refractivity contribution in [2.24, 2.45) is 0 Å². The van der Waals surface area contributed by atoms with Gasteiger partial charge in [-0.25, -0.2) is 4.79 Å². The molecule has 0 unspecified atom stereocenters. The molecule has 5 nitrogen and oxygen atoms in total. The number of ether oxygens (including phenoxy) is 1. The maximum atomic E-state index is 11.0. The highest BCUT2D eigenvalue weighted by atomic mass is 16.5. The molecule has 86 valence electrons. The minimum Gasteiger partial charge on any atom is -0.484 e. The number of hydrogen-bond donors (Lipinski definition) is 1. The fourth-order valence-electron chi connectivity index (χ4n) is 1.80. The molecular formula is C11H14N2O3. The van der Waals surface area contributed by atoms with E-state index >= 15 is 0 Å². The first-order valence-electron chi connectivity index (χ1n) is 5.09. The van der Waals surface area contributed by atoms with E-state index in [9.17, 15) is 4.79 Å². The lowest BCUT2D eigenvalue weighted by atomic mass is 10.1. The number of pyridine rings is 1. The molecule has 2 rings (SSSR count). The van der Waals surface area contributed by atoms with Crippen LogP contribution in [-0.4, -0.2) is 33.2 Å². The van der Waals surface area contributed by atoms with Crippen LogP contribution in [0.1, 0.15) is 19.5 Å². The second kappa shape index (κ2) is 3.66. The lowest BCUT2D eigenvalue weighted by Gasteiger charge is -2.27. The van der Waals surface area contributed by atoms with Crippen molar-refractivity contribution in [2.75, 3.05) is 6.54 Å². The maximum Gasteiger partial charge on any atom is 0.407 e. The zero-order chi connectivity index (χ0) is 11.8. The number of fused-ring (bicyclic) bond motifs is 1. The third-order valence-corrected chi connectivity index (χ3v) is 2.42. The van der Waals surface area contributed by atoms with Gasteiger partial charge in [-0.3, -0.25) is 9.88 Å². The maximum absolute atomic E-state index is 11.0. The minimum atomic E-state index is -0.949. The van der Waals surface area contributed by atoms with E-state index in [-0.39, 0.29) is 6.54 Å². The zero-order valence-corrected chi connectivity index (χ0v) is 9.30. The lowest BCUT2D eigenvalue weighted by molar-refractivity contribution is 0.0671. The van der Waals surface area contributed by atoms with Crippen molar-refractivity contribution in [3.05, 3.63) is 24.0 Å². The first kappa shape index (κ1) is 10.7. The van der Waals surface area contributed by atoms with Gasteiger partial charge in [0.2, 0.25) is 0 Å². The Hall–Kier alpha value is -1.78. The second-order valence-corrected chi connectivity index (χ2v) is 4.45. The molecule has 0 saturated heterocycles. The van der Waals surface area contributed by atoms with E-state index in [1.54, 1.807) is 12.3 Å². The van der Waals surface area contributed by atoms with E-state index in [1.807, 2.05) is 19.9 Å². The Morgan fingerprint density at radius 2 is 2.38 bits per heavy atom. The van der Waals surface area contributed by atoms with Gasteiger partial charge < -0.3 is 9.84 Å². The van der Waals surface area contributed by atoms with Crippen molar-refractivity contribution in [3.63, 3.8) is 0 Å². The van der Waals surface area contributed by atoms with Gasteiger partial charge in [0.1, 0.15) is 17.0 Å². The standard InChI is InChI=1S/C11H14N2O3/c1-11(2)7-13(10(14)15)6-8-9(16-11)4-3-5-12-8/h3-5H,6-7H2,1-2H3,(H,14,15). The largest absolute Gasteiger partial charge is 0.484 e. The Morgan fingerprint density at radius 3 is 3.06 bits per heavy atom. The van der Waals surface area contributed by atoms with E-state index in [0.29, 0.717) is 18.0 Å². The molecule has 0 fully saturated rings. The van der Waals surface area contributed by atoms with Crippen molar-refractivity contribution in [1.29, 1.82) is 0 Å². The molecule has 1 aromatic heterocycles. The Morgan fingerprint density at radius 1 is 1.62 bits per heavy atom. The second-order valence-electron chi connectivity index (χ2n) is 4.45. The Balaban J connectivity index is 2.39. The Labute approximate surface area is 93.7 Å². The zero-order valence-electron chi connectivity index (χ0n) is 9.30. The van der Waals surface area contributed by atoms with Gasteiger partial charge in [-0.1, -0.05) is 0 Å². The molecule has 0 aliphatic carbocycles. The molecule has 0 radical (unpaired) electrons. The molecule has 1 N–H and O–H groups in total. The molecular weight excluding hydrogens is 208 g/mol. The molecule has 1 aliphatic rings. The molecule has 0 bridgehead atoms. The average molecular weight is 222 g/mol. The van der Waals surface area contributed by atoms with Gasteiger partial charge in [0.05, 0.1) is 13.1 Å². The summed E-state index contributed by atoms with van der Waals surface area (Å²) in [6, 6.07) is 3.60. The van der Waals surface area contributed by atoms with Gasteiger partial charge in [-0.2, -0.15) is 0 Å². The highest BCUT2D eigenvalue weighted by Crippen LogP contribution is 2.27. The number of hydrogen-bond acceptors (Lipinski definition) is 3. The normalized spacial score (nSPS) is 18.2. The third-order valence-electron chi connectivity index (χ3n) is 2.42. The topological polar surface area (TPSA) is 62.7 Å². The van der Waals surface area contributed by atoms with Crippen LogP contribution in [0.5, 0.6) is 5.75 Å². The number of carbonyl (C=O) groups is 1. The van der Waals surface area contributed by atoms with Crippen LogP contribution in [0.15, 0.2) is 18.3 Å². The van der Waals surface area contributed by atoms with Crippen LogP contribution in [0.2, 0.25) is 0 Å². The summed E-state index contributed by atoms with van der Waals surface area (Å²) in [7, 11) is 0. The molecule has 2 heterocycles. The quantitative estimate of drug-likeness (QED) is 0.726. The van der Waals surface area contributed by atoms with Crippen LogP contribution in [0.3, 0.4) is 0 Å². The van der Waals surface area contributed by atoms with Gasteiger partial charge in [0, 0.05) is 6.20 Å². The summed E-state index contributed by atoms with van der Waals surface area (Å²) in [6.07, 6.45) is 0.691. The van der Waals surface area contributed by atoms with Crippen LogP contribution < -0.4 is 4.74 Å². The summed E-state index contributed by atoms with van der Waals surface area (Å²) in [6.45, 7) is 4.34. The van der Waals surface area contributed by atoms with E-state index in [0.717, 1.165) is 0 Å². The van der Waals surface area contributed by atoms with Gasteiger partial charge in [-0.05, 0) is 26.0 Å². The van der Waals surface area contributed by atoms with Gasteiger partial charge in [-0.15, -0.1) is 0 Å². The predicted molar refractivity (Wildman–Crippen MR) is 57.4 cm³/mol. The summed E-state index contributed by atoms with van der Waals surface area (Å²) in [4.78, 5) is 16.5. The summed E-state index contributed by atoms with van der Waals surface area (Å²) in [5.74, 6) is 0.663. The number of nitrogens with zero attached hydrogens (tertiary/aromatic N) is 2. The molecule has 1 aromatic rings. The Bertz CT molecular complexity index is 417. The number of aromatic nitrogens is 1. The fourth-order valence-corrected chi connectivity index (χ4v) is 1.80. The molecule has 0 spiro atoms. The van der Waals surface area contributed by atoms with Gasteiger partial charge >= 0.3 is 6.09 Å². The fraction of sp³-hybridized carbons (Fsp3) is 0.455. The smallest absolute Gasteiger partial charge is 0.407 e. The molecule has 0 atom stereocenters. The molecule has 1 amide bonds. The molecule has 1 aliphatic heterocycles. The summed E-state index contributed by atoms with van der Waals surface area (Å²) >= 11 is 0. The molecule has 5 heteroatoms. The van der Waals surface area contributed by atoms with Crippen LogP contribution in [0, 0.1) is 0 Å². The van der Waals surface area contributed by atoms with E-state index in [1.165, 1.54) is 4.90 Å². The molecule has 0 saturated carbocycles. The third kappa shape index (κ3) is 2.08. The highest BCUT2D eigenvalue weighted by molar-refractivity contribution is 5.65. The van der Waals surface area contributed by atoms with E-state index < -0.39 is 11.7 Å². The first-order chi connectivity index (χ1) is 7.48. The van der Waals surface area contributed by atoms with Gasteiger partial charge in [0.15, 0.2) is 0 Å². The van der Waals surface area contributed by atoms with Crippen LogP contribution in [0.4, 0.5) is 4.79 Å². The number of carboxylic acid groups (broad SMARTS) is 1. The lowest BCUT2D eigenvalue weighted by Crippen LogP contribution is -2.42. The van der Waals surface area contributed by atoms with E-state index in [2.05, 4.69) is 4.98 Å². The van der Waals surface area contributed by atoms with Crippen LogP contribution in [-0.2, 0) is 6.54 Å². The Kier molecular flexibility index (Phi) is 2.46. The monoisotopic (exact) mass is 222 g/mol. The van der Waals surface area contributed by atoms with Crippen molar-refractivity contribution >= 4 is 6.09 Å².